The van der Waals surface area contributed by atoms with E-state index >= 15 is 0 Å². The van der Waals surface area contributed by atoms with Crippen LogP contribution in [0.15, 0.2) is 24.3 Å². The Balaban J connectivity index is 0.00000225. The summed E-state index contributed by atoms with van der Waals surface area (Å²) in [5.74, 6) is 0.617. The fraction of sp³-hybridized carbons (Fsp3) is 0.533. The van der Waals surface area contributed by atoms with Crippen LogP contribution in [0.1, 0.15) is 24.2 Å². The Morgan fingerprint density at radius 1 is 1.24 bits per heavy atom. The number of nitrogens with one attached hydrogen (secondary N) is 1. The first-order valence-corrected chi connectivity index (χ1v) is 7.82. The molecule has 1 saturated heterocycles. The first-order chi connectivity index (χ1) is 11.5. The molecule has 0 radical (unpaired) electrons. The van der Waals surface area contributed by atoms with Crippen molar-refractivity contribution in [1.29, 1.82) is 0 Å². The van der Waals surface area contributed by atoms with Gasteiger partial charge in [-0.05, 0) is 61.1 Å². The number of halogens is 4. The van der Waals surface area contributed by atoms with Gasteiger partial charge in [-0.15, -0.1) is 17.5 Å². The summed E-state index contributed by atoms with van der Waals surface area (Å²) in [6.45, 7) is 2.42. The molecule has 2 aromatic rings. The fourth-order valence-electron chi connectivity index (χ4n) is 2.93. The van der Waals surface area contributed by atoms with Crippen molar-refractivity contribution in [3.63, 3.8) is 0 Å². The van der Waals surface area contributed by atoms with Gasteiger partial charge in [0.25, 0.3) is 0 Å². The number of likely N-dealkylation sites (N-methyl/N-ethyl adjacent to an activating group) is 1. The van der Waals surface area contributed by atoms with Crippen molar-refractivity contribution in [3.05, 3.63) is 35.7 Å². The van der Waals surface area contributed by atoms with Crippen LogP contribution in [0.4, 0.5) is 13.2 Å². The highest BCUT2D eigenvalue weighted by Gasteiger charge is 2.30. The third kappa shape index (κ3) is 4.68. The van der Waals surface area contributed by atoms with Crippen LogP contribution in [0.25, 0.3) is 5.69 Å². The van der Waals surface area contributed by atoms with Crippen LogP contribution in [0.5, 0.6) is 0 Å². The number of likely N-dealkylation sites (tertiary alicyclic amines) is 1. The number of hydrogen-bond donors (Lipinski definition) is 1. The molecule has 0 bridgehead atoms. The van der Waals surface area contributed by atoms with Crippen molar-refractivity contribution < 1.29 is 13.2 Å². The number of aromatic nitrogens is 4. The molecule has 1 aliphatic heterocycles. The van der Waals surface area contributed by atoms with Gasteiger partial charge in [0.1, 0.15) is 0 Å². The minimum atomic E-state index is -4.35. The molecule has 1 N–H and O–H groups in total. The second-order valence-corrected chi connectivity index (χ2v) is 5.91. The first-order valence-electron chi connectivity index (χ1n) is 7.82. The molecule has 1 aromatic heterocycles. The van der Waals surface area contributed by atoms with E-state index in [1.807, 2.05) is 7.05 Å². The molecule has 1 aliphatic rings. The molecule has 1 atom stereocenters. The molecule has 6 nitrogen and oxygen atoms in total. The monoisotopic (exact) mass is 376 g/mol. The van der Waals surface area contributed by atoms with Crippen molar-refractivity contribution >= 4 is 12.4 Å². The Morgan fingerprint density at radius 3 is 2.60 bits per heavy atom. The van der Waals surface area contributed by atoms with E-state index in [9.17, 15) is 13.2 Å². The number of tetrazole rings is 1. The van der Waals surface area contributed by atoms with Crippen LogP contribution >= 0.6 is 12.4 Å². The Morgan fingerprint density at radius 2 is 1.96 bits per heavy atom. The molecule has 0 spiro atoms. The zero-order chi connectivity index (χ0) is 17.2. The molecule has 3 rings (SSSR count). The van der Waals surface area contributed by atoms with E-state index in [0.29, 0.717) is 24.1 Å². The van der Waals surface area contributed by atoms with Crippen LogP contribution in [-0.2, 0) is 12.7 Å². The highest BCUT2D eigenvalue weighted by molar-refractivity contribution is 5.85. The summed E-state index contributed by atoms with van der Waals surface area (Å²) in [4.78, 5) is 2.25. The van der Waals surface area contributed by atoms with E-state index < -0.39 is 11.7 Å². The molecule has 138 valence electrons. The standard InChI is InChI=1S/C15H19F3N6.ClH/c1-19-12-3-2-8-23(9-12)10-14-20-21-22-24(14)13-6-4-11(5-7-13)15(16,17)18;/h4-7,12,19H,2-3,8-10H2,1H3;1H. The van der Waals surface area contributed by atoms with Crippen LogP contribution in [-0.4, -0.2) is 51.3 Å². The number of alkyl halides is 3. The molecule has 1 unspecified atom stereocenters. The Labute approximate surface area is 149 Å². The third-order valence-corrected chi connectivity index (χ3v) is 4.25. The molecule has 0 amide bonds. The van der Waals surface area contributed by atoms with Gasteiger partial charge < -0.3 is 5.32 Å². The average molecular weight is 377 g/mol. The van der Waals surface area contributed by atoms with E-state index in [1.54, 1.807) is 0 Å². The predicted octanol–water partition coefficient (Wildman–Crippen LogP) is 2.29. The topological polar surface area (TPSA) is 58.9 Å². The minimum Gasteiger partial charge on any atom is -0.316 e. The van der Waals surface area contributed by atoms with Crippen molar-refractivity contribution in [2.24, 2.45) is 0 Å². The summed E-state index contributed by atoms with van der Waals surface area (Å²) in [5, 5.41) is 14.9. The molecule has 2 heterocycles. The molecule has 0 saturated carbocycles. The van der Waals surface area contributed by atoms with E-state index in [1.165, 1.54) is 16.8 Å². The summed E-state index contributed by atoms with van der Waals surface area (Å²) in [7, 11) is 1.94. The van der Waals surface area contributed by atoms with Gasteiger partial charge in [0.15, 0.2) is 5.82 Å². The van der Waals surface area contributed by atoms with Crippen molar-refractivity contribution in [2.45, 2.75) is 31.6 Å². The summed E-state index contributed by atoms with van der Waals surface area (Å²) >= 11 is 0. The number of rotatable bonds is 4. The van der Waals surface area contributed by atoms with Gasteiger partial charge in [0, 0.05) is 12.6 Å². The lowest BCUT2D eigenvalue weighted by atomic mass is 10.1. The van der Waals surface area contributed by atoms with E-state index in [-0.39, 0.29) is 12.4 Å². The second-order valence-electron chi connectivity index (χ2n) is 5.91. The van der Waals surface area contributed by atoms with E-state index in [2.05, 4.69) is 25.7 Å². The zero-order valence-corrected chi connectivity index (χ0v) is 14.5. The molecular weight excluding hydrogens is 357 g/mol. The summed E-state index contributed by atoms with van der Waals surface area (Å²) in [6, 6.07) is 5.29. The van der Waals surface area contributed by atoms with Gasteiger partial charge in [-0.3, -0.25) is 4.90 Å². The normalized spacial score (nSPS) is 18.8. The number of nitrogens with zero attached hydrogens (tertiary/aromatic N) is 5. The molecular formula is C15H20ClF3N6. The van der Waals surface area contributed by atoms with Gasteiger partial charge in [0.2, 0.25) is 0 Å². The Bertz CT molecular complexity index is 673. The molecule has 1 fully saturated rings. The minimum absolute atomic E-state index is 0. The van der Waals surface area contributed by atoms with Crippen LogP contribution in [0, 0.1) is 0 Å². The third-order valence-electron chi connectivity index (χ3n) is 4.25. The van der Waals surface area contributed by atoms with Gasteiger partial charge in [0.05, 0.1) is 17.8 Å². The maximum absolute atomic E-state index is 12.7. The molecule has 0 aliphatic carbocycles. The highest BCUT2D eigenvalue weighted by Crippen LogP contribution is 2.29. The first kappa shape index (κ1) is 19.6. The smallest absolute Gasteiger partial charge is 0.316 e. The largest absolute Gasteiger partial charge is 0.416 e. The molecule has 1 aromatic carbocycles. The lowest BCUT2D eigenvalue weighted by Crippen LogP contribution is -2.44. The summed E-state index contributed by atoms with van der Waals surface area (Å²) < 4.78 is 39.5. The van der Waals surface area contributed by atoms with Gasteiger partial charge in [-0.1, -0.05) is 0 Å². The predicted molar refractivity (Wildman–Crippen MR) is 88.8 cm³/mol. The van der Waals surface area contributed by atoms with Crippen molar-refractivity contribution in [1.82, 2.24) is 30.4 Å². The fourth-order valence-corrected chi connectivity index (χ4v) is 2.93. The summed E-state index contributed by atoms with van der Waals surface area (Å²) in [5.41, 5.74) is -0.168. The molecule has 25 heavy (non-hydrogen) atoms. The maximum Gasteiger partial charge on any atom is 0.416 e. The quantitative estimate of drug-likeness (QED) is 0.887. The van der Waals surface area contributed by atoms with E-state index in [4.69, 9.17) is 0 Å². The van der Waals surface area contributed by atoms with Crippen LogP contribution < -0.4 is 5.32 Å². The molecule has 10 heteroatoms. The lowest BCUT2D eigenvalue weighted by molar-refractivity contribution is -0.137. The van der Waals surface area contributed by atoms with Crippen LogP contribution in [0.3, 0.4) is 0 Å². The maximum atomic E-state index is 12.7. The average Bonchev–Trinajstić information content (AvgIpc) is 3.02. The van der Waals surface area contributed by atoms with Crippen molar-refractivity contribution in [2.75, 3.05) is 20.1 Å². The second kappa shape index (κ2) is 8.11. The lowest BCUT2D eigenvalue weighted by Gasteiger charge is -2.31. The van der Waals surface area contributed by atoms with Crippen LogP contribution in [0.2, 0.25) is 0 Å². The summed E-state index contributed by atoms with van der Waals surface area (Å²) in [6.07, 6.45) is -2.12. The highest BCUT2D eigenvalue weighted by atomic mass is 35.5. The zero-order valence-electron chi connectivity index (χ0n) is 13.7. The Hall–Kier alpha value is -1.71. The SMILES string of the molecule is CNC1CCCN(Cc2nnnn2-c2ccc(C(F)(F)F)cc2)C1.Cl. The number of hydrogen-bond acceptors (Lipinski definition) is 5. The van der Waals surface area contributed by atoms with E-state index in [0.717, 1.165) is 38.1 Å². The number of piperidine rings is 1. The van der Waals surface area contributed by atoms with Crippen molar-refractivity contribution in [3.8, 4) is 5.69 Å². The number of benzene rings is 1. The van der Waals surface area contributed by atoms with Gasteiger partial charge in [-0.25, -0.2) is 0 Å². The van der Waals surface area contributed by atoms with Gasteiger partial charge in [-0.2, -0.15) is 17.9 Å². The Kier molecular flexibility index (Phi) is 6.36. The van der Waals surface area contributed by atoms with Gasteiger partial charge >= 0.3 is 6.18 Å².